The minimum atomic E-state index is -0.202. The van der Waals surface area contributed by atoms with E-state index in [1.165, 1.54) is 18.9 Å². The molecule has 2 rings (SSSR count). The van der Waals surface area contributed by atoms with Crippen LogP contribution in [0, 0.1) is 15.3 Å². The quantitative estimate of drug-likeness (QED) is 0.626. The fourth-order valence-corrected chi connectivity index (χ4v) is 2.80. The summed E-state index contributed by atoms with van der Waals surface area (Å²) in [7, 11) is 0. The number of anilines is 2. The van der Waals surface area contributed by atoms with Gasteiger partial charge in [0, 0.05) is 12.1 Å². The van der Waals surface area contributed by atoms with E-state index < -0.39 is 0 Å². The molecule has 0 bridgehead atoms. The summed E-state index contributed by atoms with van der Waals surface area (Å²) in [5, 5.41) is 3.37. The van der Waals surface area contributed by atoms with E-state index in [9.17, 15) is 4.39 Å². The Hall–Kier alpha value is -0.520. The van der Waals surface area contributed by atoms with Crippen molar-refractivity contribution in [1.29, 1.82) is 0 Å². The lowest BCUT2D eigenvalue weighted by atomic mass is 9.87. The molecular formula is C13H18FIN2. The van der Waals surface area contributed by atoms with Gasteiger partial charge in [0.15, 0.2) is 0 Å². The van der Waals surface area contributed by atoms with E-state index in [1.54, 1.807) is 6.07 Å². The summed E-state index contributed by atoms with van der Waals surface area (Å²) in [5.74, 6) is 0.616. The number of nitrogens with two attached hydrogens (primary N) is 1. The first kappa shape index (κ1) is 12.9. The average Bonchev–Trinajstić information content (AvgIpc) is 2.29. The Morgan fingerprint density at radius 1 is 1.29 bits per heavy atom. The molecule has 4 heteroatoms. The van der Waals surface area contributed by atoms with Crippen molar-refractivity contribution in [2.45, 2.75) is 38.6 Å². The number of hydrogen-bond acceptors (Lipinski definition) is 2. The molecule has 1 saturated carbocycles. The summed E-state index contributed by atoms with van der Waals surface area (Å²) in [6.07, 6.45) is 4.78. The van der Waals surface area contributed by atoms with E-state index >= 15 is 0 Å². The summed E-state index contributed by atoms with van der Waals surface area (Å²) in [4.78, 5) is 0. The van der Waals surface area contributed by atoms with Crippen molar-refractivity contribution in [1.82, 2.24) is 0 Å². The van der Waals surface area contributed by atoms with Gasteiger partial charge in [-0.2, -0.15) is 0 Å². The van der Waals surface area contributed by atoms with Crippen molar-refractivity contribution in [3.63, 3.8) is 0 Å². The van der Waals surface area contributed by atoms with E-state index in [0.717, 1.165) is 24.4 Å². The lowest BCUT2D eigenvalue weighted by Gasteiger charge is -2.28. The Labute approximate surface area is 115 Å². The van der Waals surface area contributed by atoms with Crippen molar-refractivity contribution in [3.8, 4) is 0 Å². The molecule has 0 amide bonds. The second kappa shape index (κ2) is 5.42. The molecule has 0 spiro atoms. The SMILES string of the molecule is CC1CCC(Nc2cc(F)c(I)cc2N)CC1. The molecule has 0 saturated heterocycles. The maximum Gasteiger partial charge on any atom is 0.138 e. The fourth-order valence-electron chi connectivity index (χ4n) is 2.31. The maximum absolute atomic E-state index is 13.5. The zero-order valence-electron chi connectivity index (χ0n) is 9.97. The summed E-state index contributed by atoms with van der Waals surface area (Å²) in [5.41, 5.74) is 7.27. The van der Waals surface area contributed by atoms with E-state index in [4.69, 9.17) is 5.73 Å². The molecule has 1 aromatic rings. The Morgan fingerprint density at radius 2 is 1.94 bits per heavy atom. The first-order valence-corrected chi connectivity index (χ1v) is 7.15. The molecule has 1 aliphatic rings. The van der Waals surface area contributed by atoms with Gasteiger partial charge in [0.2, 0.25) is 0 Å². The number of rotatable bonds is 2. The number of halogens is 2. The average molecular weight is 348 g/mol. The van der Waals surface area contributed by atoms with Gasteiger partial charge < -0.3 is 11.1 Å². The van der Waals surface area contributed by atoms with Crippen LogP contribution in [0.25, 0.3) is 0 Å². The van der Waals surface area contributed by atoms with Gasteiger partial charge in [-0.3, -0.25) is 0 Å². The van der Waals surface area contributed by atoms with Crippen LogP contribution in [0.15, 0.2) is 12.1 Å². The van der Waals surface area contributed by atoms with E-state index in [-0.39, 0.29) is 5.82 Å². The number of hydrogen-bond donors (Lipinski definition) is 2. The second-order valence-corrected chi connectivity index (χ2v) is 6.12. The zero-order chi connectivity index (χ0) is 12.4. The Balaban J connectivity index is 2.06. The Morgan fingerprint density at radius 3 is 2.59 bits per heavy atom. The third kappa shape index (κ3) is 3.24. The second-order valence-electron chi connectivity index (χ2n) is 4.95. The Kier molecular flexibility index (Phi) is 4.12. The van der Waals surface area contributed by atoms with Gasteiger partial charge >= 0.3 is 0 Å². The molecule has 1 aromatic carbocycles. The van der Waals surface area contributed by atoms with Crippen molar-refractivity contribution in [2.75, 3.05) is 11.1 Å². The van der Waals surface area contributed by atoms with Crippen LogP contribution in [0.5, 0.6) is 0 Å². The predicted octanol–water partition coefficient (Wildman–Crippen LogP) is 4.00. The largest absolute Gasteiger partial charge is 0.397 e. The maximum atomic E-state index is 13.5. The van der Waals surface area contributed by atoms with Gasteiger partial charge in [0.05, 0.1) is 14.9 Å². The molecule has 0 atom stereocenters. The third-order valence-electron chi connectivity index (χ3n) is 3.47. The lowest BCUT2D eigenvalue weighted by molar-refractivity contribution is 0.361. The lowest BCUT2D eigenvalue weighted by Crippen LogP contribution is -2.25. The first-order valence-electron chi connectivity index (χ1n) is 6.07. The summed E-state index contributed by atoms with van der Waals surface area (Å²) >= 11 is 1.96. The number of nitrogen functional groups attached to an aromatic ring is 1. The van der Waals surface area contributed by atoms with Crippen LogP contribution in [0.2, 0.25) is 0 Å². The minimum absolute atomic E-state index is 0.202. The topological polar surface area (TPSA) is 38.0 Å². The van der Waals surface area contributed by atoms with E-state index in [2.05, 4.69) is 12.2 Å². The van der Waals surface area contributed by atoms with Crippen LogP contribution in [0.3, 0.4) is 0 Å². The number of nitrogens with one attached hydrogen (secondary N) is 1. The monoisotopic (exact) mass is 348 g/mol. The molecule has 0 aromatic heterocycles. The molecule has 0 unspecified atom stereocenters. The van der Waals surface area contributed by atoms with Crippen molar-refractivity contribution in [3.05, 3.63) is 21.5 Å². The molecule has 0 radical (unpaired) electrons. The summed E-state index contributed by atoms with van der Waals surface area (Å²) in [6.45, 7) is 2.29. The van der Waals surface area contributed by atoms with Gasteiger partial charge in [-0.1, -0.05) is 6.92 Å². The van der Waals surface area contributed by atoms with Crippen molar-refractivity contribution in [2.24, 2.45) is 5.92 Å². The molecule has 17 heavy (non-hydrogen) atoms. The van der Waals surface area contributed by atoms with Gasteiger partial charge in [-0.25, -0.2) is 4.39 Å². The number of benzene rings is 1. The highest BCUT2D eigenvalue weighted by Gasteiger charge is 2.19. The van der Waals surface area contributed by atoms with Crippen LogP contribution in [-0.2, 0) is 0 Å². The van der Waals surface area contributed by atoms with E-state index in [1.807, 2.05) is 22.6 Å². The van der Waals surface area contributed by atoms with Crippen LogP contribution < -0.4 is 11.1 Å². The van der Waals surface area contributed by atoms with Gasteiger partial charge in [-0.15, -0.1) is 0 Å². The van der Waals surface area contributed by atoms with Crippen LogP contribution >= 0.6 is 22.6 Å². The molecule has 1 fully saturated rings. The summed E-state index contributed by atoms with van der Waals surface area (Å²) < 4.78 is 14.0. The molecule has 3 N–H and O–H groups in total. The smallest absolute Gasteiger partial charge is 0.138 e. The van der Waals surface area contributed by atoms with Gasteiger partial charge in [-0.05, 0) is 60.3 Å². The molecule has 1 aliphatic carbocycles. The van der Waals surface area contributed by atoms with Crippen LogP contribution in [0.4, 0.5) is 15.8 Å². The molecular weight excluding hydrogens is 330 g/mol. The summed E-state index contributed by atoms with van der Waals surface area (Å²) in [6, 6.07) is 3.63. The van der Waals surface area contributed by atoms with Crippen molar-refractivity contribution < 1.29 is 4.39 Å². The normalized spacial score (nSPS) is 24.6. The molecule has 0 heterocycles. The first-order chi connectivity index (χ1) is 8.06. The third-order valence-corrected chi connectivity index (χ3v) is 4.29. The fraction of sp³-hybridized carbons (Fsp3) is 0.538. The van der Waals surface area contributed by atoms with Crippen LogP contribution in [-0.4, -0.2) is 6.04 Å². The molecule has 0 aliphatic heterocycles. The minimum Gasteiger partial charge on any atom is -0.397 e. The highest BCUT2D eigenvalue weighted by molar-refractivity contribution is 14.1. The zero-order valence-corrected chi connectivity index (χ0v) is 12.1. The molecule has 2 nitrogen and oxygen atoms in total. The standard InChI is InChI=1S/C13H18FIN2/c1-8-2-4-9(5-3-8)17-13-6-10(14)11(15)7-12(13)16/h6-9,17H,2-5,16H2,1H3. The molecule has 94 valence electrons. The van der Waals surface area contributed by atoms with Gasteiger partial charge in [0.25, 0.3) is 0 Å². The van der Waals surface area contributed by atoms with Crippen LogP contribution in [0.1, 0.15) is 32.6 Å². The Bertz CT molecular complexity index is 401. The highest BCUT2D eigenvalue weighted by atomic mass is 127. The van der Waals surface area contributed by atoms with E-state index in [0.29, 0.717) is 15.3 Å². The van der Waals surface area contributed by atoms with Gasteiger partial charge in [0.1, 0.15) is 5.82 Å². The predicted molar refractivity (Wildman–Crippen MR) is 78.6 cm³/mol. The van der Waals surface area contributed by atoms with Crippen molar-refractivity contribution >= 4 is 34.0 Å². The highest BCUT2D eigenvalue weighted by Crippen LogP contribution is 2.29.